The van der Waals surface area contributed by atoms with E-state index < -0.39 is 5.97 Å². The van der Waals surface area contributed by atoms with Gasteiger partial charge in [-0.15, -0.1) is 0 Å². The Kier molecular flexibility index (Phi) is 4.44. The van der Waals surface area contributed by atoms with Gasteiger partial charge in [0.25, 0.3) is 0 Å². The van der Waals surface area contributed by atoms with E-state index in [1.54, 1.807) is 4.68 Å². The number of aromatic nitrogens is 4. The first-order valence-electron chi connectivity index (χ1n) is 6.07. The van der Waals surface area contributed by atoms with E-state index in [2.05, 4.69) is 20.8 Å². The van der Waals surface area contributed by atoms with Crippen LogP contribution in [0.15, 0.2) is 30.3 Å². The molecule has 0 aliphatic carbocycles. The van der Waals surface area contributed by atoms with Gasteiger partial charge in [0.15, 0.2) is 0 Å². The summed E-state index contributed by atoms with van der Waals surface area (Å²) in [6.07, 6.45) is 1.58. The average Bonchev–Trinajstić information content (AvgIpc) is 2.87. The van der Waals surface area contributed by atoms with Gasteiger partial charge in [0, 0.05) is 13.0 Å². The standard InChI is InChI=1S/C12H15N5O2/c18-11(19)8-4-5-9-13-12-14-15-16-17(12)10-6-2-1-3-7-10/h1-3,6-7H,4-5,8-9H2,(H,18,19)(H,13,14,16). The molecule has 0 atom stereocenters. The molecule has 0 bridgehead atoms. The fourth-order valence-corrected chi connectivity index (χ4v) is 1.64. The molecular formula is C12H15N5O2. The molecule has 1 heterocycles. The van der Waals surface area contributed by atoms with Crippen LogP contribution in [0.1, 0.15) is 19.3 Å². The van der Waals surface area contributed by atoms with E-state index in [0.29, 0.717) is 18.9 Å². The molecule has 100 valence electrons. The summed E-state index contributed by atoms with van der Waals surface area (Å²) in [5.74, 6) is -0.212. The Bertz CT molecular complexity index is 526. The van der Waals surface area contributed by atoms with Gasteiger partial charge in [0.2, 0.25) is 5.95 Å². The number of hydrogen-bond donors (Lipinski definition) is 2. The minimum absolute atomic E-state index is 0.186. The van der Waals surface area contributed by atoms with Crippen LogP contribution in [0.4, 0.5) is 5.95 Å². The Morgan fingerprint density at radius 1 is 1.26 bits per heavy atom. The van der Waals surface area contributed by atoms with Crippen molar-refractivity contribution in [1.29, 1.82) is 0 Å². The van der Waals surface area contributed by atoms with Gasteiger partial charge >= 0.3 is 5.97 Å². The Labute approximate surface area is 110 Å². The molecule has 0 unspecified atom stereocenters. The maximum atomic E-state index is 10.4. The van der Waals surface area contributed by atoms with Gasteiger partial charge in [0.1, 0.15) is 0 Å². The van der Waals surface area contributed by atoms with E-state index in [0.717, 1.165) is 12.1 Å². The number of tetrazole rings is 1. The Morgan fingerprint density at radius 3 is 2.79 bits per heavy atom. The number of para-hydroxylation sites is 1. The van der Waals surface area contributed by atoms with Gasteiger partial charge in [-0.2, -0.15) is 4.68 Å². The highest BCUT2D eigenvalue weighted by molar-refractivity contribution is 5.66. The number of hydrogen-bond acceptors (Lipinski definition) is 5. The molecule has 0 fully saturated rings. The molecule has 1 aromatic carbocycles. The van der Waals surface area contributed by atoms with Crippen molar-refractivity contribution >= 4 is 11.9 Å². The fourth-order valence-electron chi connectivity index (χ4n) is 1.64. The number of rotatable bonds is 7. The topological polar surface area (TPSA) is 92.9 Å². The lowest BCUT2D eigenvalue weighted by Gasteiger charge is -2.06. The number of benzene rings is 1. The van der Waals surface area contributed by atoms with Gasteiger partial charge in [-0.05, 0) is 35.4 Å². The Morgan fingerprint density at radius 2 is 2.05 bits per heavy atom. The van der Waals surface area contributed by atoms with Crippen LogP contribution < -0.4 is 5.32 Å². The Balaban J connectivity index is 1.88. The molecule has 0 saturated heterocycles. The average molecular weight is 261 g/mol. The van der Waals surface area contributed by atoms with Crippen molar-refractivity contribution in [3.63, 3.8) is 0 Å². The molecule has 0 aliphatic rings. The molecule has 1 aromatic heterocycles. The molecule has 0 radical (unpaired) electrons. The summed E-state index contributed by atoms with van der Waals surface area (Å²) >= 11 is 0. The Hall–Kier alpha value is -2.44. The van der Waals surface area contributed by atoms with Crippen LogP contribution in [-0.4, -0.2) is 37.8 Å². The van der Waals surface area contributed by atoms with Crippen molar-refractivity contribution < 1.29 is 9.90 Å². The van der Waals surface area contributed by atoms with Crippen molar-refractivity contribution in [2.45, 2.75) is 19.3 Å². The van der Waals surface area contributed by atoms with Gasteiger partial charge in [-0.25, -0.2) is 0 Å². The molecule has 0 amide bonds. The first-order valence-corrected chi connectivity index (χ1v) is 6.07. The number of nitrogens with zero attached hydrogens (tertiary/aromatic N) is 4. The maximum Gasteiger partial charge on any atom is 0.303 e. The number of carboxylic acids is 1. The molecule has 2 rings (SSSR count). The summed E-state index contributed by atoms with van der Waals surface area (Å²) in [4.78, 5) is 10.4. The van der Waals surface area contributed by atoms with E-state index in [1.165, 1.54) is 0 Å². The molecule has 7 heteroatoms. The molecule has 7 nitrogen and oxygen atoms in total. The zero-order valence-electron chi connectivity index (χ0n) is 10.4. The van der Waals surface area contributed by atoms with Crippen LogP contribution in [-0.2, 0) is 4.79 Å². The second kappa shape index (κ2) is 6.48. The summed E-state index contributed by atoms with van der Waals surface area (Å²) in [6, 6.07) is 9.56. The minimum Gasteiger partial charge on any atom is -0.481 e. The van der Waals surface area contributed by atoms with E-state index in [1.807, 2.05) is 30.3 Å². The smallest absolute Gasteiger partial charge is 0.303 e. The van der Waals surface area contributed by atoms with Crippen molar-refractivity contribution in [2.24, 2.45) is 0 Å². The summed E-state index contributed by atoms with van der Waals surface area (Å²) in [5, 5.41) is 23.1. The number of aliphatic carboxylic acids is 1. The quantitative estimate of drug-likeness (QED) is 0.730. The van der Waals surface area contributed by atoms with Gasteiger partial charge in [-0.1, -0.05) is 23.3 Å². The lowest BCUT2D eigenvalue weighted by Crippen LogP contribution is -2.09. The van der Waals surface area contributed by atoms with Gasteiger partial charge in [0.05, 0.1) is 5.69 Å². The van der Waals surface area contributed by atoms with Crippen molar-refractivity contribution in [2.75, 3.05) is 11.9 Å². The third-order valence-electron chi connectivity index (χ3n) is 2.57. The number of nitrogens with one attached hydrogen (secondary N) is 1. The van der Waals surface area contributed by atoms with Crippen LogP contribution in [0.2, 0.25) is 0 Å². The SMILES string of the molecule is O=C(O)CCCCNc1nnnn1-c1ccccc1. The zero-order chi connectivity index (χ0) is 13.5. The minimum atomic E-state index is -0.769. The normalized spacial score (nSPS) is 10.3. The van der Waals surface area contributed by atoms with Crippen LogP contribution in [0.25, 0.3) is 5.69 Å². The highest BCUT2D eigenvalue weighted by atomic mass is 16.4. The second-order valence-corrected chi connectivity index (χ2v) is 4.03. The number of carboxylic acid groups (broad SMARTS) is 1. The summed E-state index contributed by atoms with van der Waals surface area (Å²) < 4.78 is 1.61. The number of unbranched alkanes of at least 4 members (excludes halogenated alkanes) is 1. The molecular weight excluding hydrogens is 246 g/mol. The van der Waals surface area contributed by atoms with Crippen LogP contribution >= 0.6 is 0 Å². The molecule has 0 spiro atoms. The predicted octanol–water partition coefficient (Wildman–Crippen LogP) is 1.33. The highest BCUT2D eigenvalue weighted by Crippen LogP contribution is 2.10. The number of anilines is 1. The van der Waals surface area contributed by atoms with Crippen molar-refractivity contribution in [1.82, 2.24) is 20.2 Å². The largest absolute Gasteiger partial charge is 0.481 e. The van der Waals surface area contributed by atoms with Crippen molar-refractivity contribution in [3.05, 3.63) is 30.3 Å². The van der Waals surface area contributed by atoms with Crippen LogP contribution in [0.5, 0.6) is 0 Å². The van der Waals surface area contributed by atoms with E-state index >= 15 is 0 Å². The first-order chi connectivity index (χ1) is 9.27. The van der Waals surface area contributed by atoms with Gasteiger partial charge in [-0.3, -0.25) is 4.79 Å². The molecule has 19 heavy (non-hydrogen) atoms. The monoisotopic (exact) mass is 261 g/mol. The summed E-state index contributed by atoms with van der Waals surface area (Å²) in [6.45, 7) is 0.639. The fraction of sp³-hybridized carbons (Fsp3) is 0.333. The van der Waals surface area contributed by atoms with E-state index in [4.69, 9.17) is 5.11 Å². The molecule has 2 aromatic rings. The lowest BCUT2D eigenvalue weighted by atomic mass is 10.2. The molecule has 2 N–H and O–H groups in total. The lowest BCUT2D eigenvalue weighted by molar-refractivity contribution is -0.137. The van der Waals surface area contributed by atoms with E-state index in [9.17, 15) is 4.79 Å². The second-order valence-electron chi connectivity index (χ2n) is 4.03. The van der Waals surface area contributed by atoms with Crippen LogP contribution in [0.3, 0.4) is 0 Å². The van der Waals surface area contributed by atoms with E-state index in [-0.39, 0.29) is 6.42 Å². The van der Waals surface area contributed by atoms with Gasteiger partial charge < -0.3 is 10.4 Å². The maximum absolute atomic E-state index is 10.4. The van der Waals surface area contributed by atoms with Crippen LogP contribution in [0, 0.1) is 0 Å². The zero-order valence-corrected chi connectivity index (χ0v) is 10.4. The third kappa shape index (κ3) is 3.77. The third-order valence-corrected chi connectivity index (χ3v) is 2.57. The molecule has 0 saturated carbocycles. The van der Waals surface area contributed by atoms with Crippen molar-refractivity contribution in [3.8, 4) is 5.69 Å². The number of carbonyl (C=O) groups is 1. The summed E-state index contributed by atoms with van der Waals surface area (Å²) in [5.41, 5.74) is 0.875. The predicted molar refractivity (Wildman–Crippen MR) is 69.1 cm³/mol. The summed E-state index contributed by atoms with van der Waals surface area (Å²) in [7, 11) is 0. The highest BCUT2D eigenvalue weighted by Gasteiger charge is 2.06. The first kappa shape index (κ1) is 13.0. The molecule has 0 aliphatic heterocycles.